The molecule has 1 aromatic heterocycles. The normalized spacial score (nSPS) is 10.8. The first-order valence-electron chi connectivity index (χ1n) is 5.44. The summed E-state index contributed by atoms with van der Waals surface area (Å²) in [4.78, 5) is 17.6. The van der Waals surface area contributed by atoms with Gasteiger partial charge in [0.15, 0.2) is 0 Å². The smallest absolute Gasteiger partial charge is 0.238 e. The van der Waals surface area contributed by atoms with Crippen molar-refractivity contribution >= 4 is 22.4 Å². The lowest BCUT2D eigenvalue weighted by Crippen LogP contribution is -2.27. The van der Waals surface area contributed by atoms with Crippen LogP contribution in [0.4, 0.5) is 5.69 Å². The molecule has 0 saturated carbocycles. The van der Waals surface area contributed by atoms with Crippen molar-refractivity contribution < 1.29 is 4.79 Å². The lowest BCUT2D eigenvalue weighted by molar-refractivity contribution is -0.116. The molecule has 0 fully saturated rings. The Balaban J connectivity index is 2.27. The van der Waals surface area contributed by atoms with Crippen LogP contribution >= 0.6 is 0 Å². The summed E-state index contributed by atoms with van der Waals surface area (Å²) in [6.45, 7) is 0.376. The number of fused-ring (bicyclic) bond motifs is 1. The number of amides is 1. The molecule has 0 aliphatic rings. The molecule has 17 heavy (non-hydrogen) atoms. The fourth-order valence-corrected chi connectivity index (χ4v) is 1.71. The van der Waals surface area contributed by atoms with Crippen molar-refractivity contribution in [2.45, 2.75) is 0 Å². The van der Waals surface area contributed by atoms with Crippen LogP contribution in [0.3, 0.4) is 0 Å². The molecule has 0 bridgehead atoms. The van der Waals surface area contributed by atoms with Gasteiger partial charge in [0.1, 0.15) is 0 Å². The van der Waals surface area contributed by atoms with Gasteiger partial charge in [-0.15, -0.1) is 0 Å². The predicted octanol–water partition coefficient (Wildman–Crippen LogP) is 1.73. The van der Waals surface area contributed by atoms with Crippen LogP contribution in [0.1, 0.15) is 0 Å². The first-order chi connectivity index (χ1) is 8.16. The molecule has 2 rings (SSSR count). The number of rotatable bonds is 3. The number of hydrogen-bond donors (Lipinski definition) is 1. The minimum atomic E-state index is -0.0145. The van der Waals surface area contributed by atoms with Crippen LogP contribution in [0.5, 0.6) is 0 Å². The Morgan fingerprint density at radius 1 is 1.35 bits per heavy atom. The van der Waals surface area contributed by atoms with E-state index in [-0.39, 0.29) is 5.91 Å². The molecule has 0 aliphatic carbocycles. The Morgan fingerprint density at radius 3 is 2.94 bits per heavy atom. The monoisotopic (exact) mass is 229 g/mol. The molecule has 2 aromatic rings. The summed E-state index contributed by atoms with van der Waals surface area (Å²) in [7, 11) is 3.74. The molecule has 0 saturated heterocycles. The van der Waals surface area contributed by atoms with E-state index in [2.05, 4.69) is 10.3 Å². The molecular weight excluding hydrogens is 214 g/mol. The zero-order valence-corrected chi connectivity index (χ0v) is 9.97. The van der Waals surface area contributed by atoms with Crippen LogP contribution in [-0.4, -0.2) is 36.4 Å². The Kier molecular flexibility index (Phi) is 3.35. The number of nitrogens with one attached hydrogen (secondary N) is 1. The average Bonchev–Trinajstić information content (AvgIpc) is 2.28. The van der Waals surface area contributed by atoms with Gasteiger partial charge in [-0.05, 0) is 26.2 Å². The second-order valence-electron chi connectivity index (χ2n) is 4.19. The lowest BCUT2D eigenvalue weighted by atomic mass is 10.1. The Labute approximate surface area is 100 Å². The molecule has 4 heteroatoms. The highest BCUT2D eigenvalue weighted by molar-refractivity contribution is 6.02. The van der Waals surface area contributed by atoms with E-state index in [0.717, 1.165) is 16.5 Å². The fourth-order valence-electron chi connectivity index (χ4n) is 1.71. The van der Waals surface area contributed by atoms with Crippen molar-refractivity contribution in [2.75, 3.05) is 26.0 Å². The van der Waals surface area contributed by atoms with Crippen LogP contribution in [-0.2, 0) is 4.79 Å². The molecule has 1 amide bonds. The number of nitrogens with zero attached hydrogens (tertiary/aromatic N) is 2. The SMILES string of the molecule is CN(C)CC(=O)Nc1cccc2cnccc12. The summed E-state index contributed by atoms with van der Waals surface area (Å²) in [6.07, 6.45) is 3.51. The van der Waals surface area contributed by atoms with Crippen molar-refractivity contribution in [1.82, 2.24) is 9.88 Å². The molecule has 0 atom stereocenters. The molecule has 1 N–H and O–H groups in total. The first kappa shape index (κ1) is 11.5. The van der Waals surface area contributed by atoms with E-state index in [1.54, 1.807) is 12.4 Å². The summed E-state index contributed by atoms with van der Waals surface area (Å²) < 4.78 is 0. The minimum Gasteiger partial charge on any atom is -0.324 e. The Bertz CT molecular complexity index is 532. The van der Waals surface area contributed by atoms with Gasteiger partial charge in [0.05, 0.1) is 6.54 Å². The number of aromatic nitrogens is 1. The van der Waals surface area contributed by atoms with Gasteiger partial charge >= 0.3 is 0 Å². The predicted molar refractivity (Wildman–Crippen MR) is 68.9 cm³/mol. The zero-order chi connectivity index (χ0) is 12.3. The highest BCUT2D eigenvalue weighted by Gasteiger charge is 2.06. The van der Waals surface area contributed by atoms with Crippen molar-refractivity contribution in [1.29, 1.82) is 0 Å². The van der Waals surface area contributed by atoms with Crippen molar-refractivity contribution in [3.63, 3.8) is 0 Å². The fraction of sp³-hybridized carbons (Fsp3) is 0.231. The number of anilines is 1. The quantitative estimate of drug-likeness (QED) is 0.871. The largest absolute Gasteiger partial charge is 0.324 e. The van der Waals surface area contributed by atoms with E-state index in [1.165, 1.54) is 0 Å². The van der Waals surface area contributed by atoms with Gasteiger partial charge in [-0.3, -0.25) is 9.78 Å². The summed E-state index contributed by atoms with van der Waals surface area (Å²) >= 11 is 0. The van der Waals surface area contributed by atoms with Crippen LogP contribution in [0, 0.1) is 0 Å². The van der Waals surface area contributed by atoms with Gasteiger partial charge in [0.2, 0.25) is 5.91 Å². The van der Waals surface area contributed by atoms with Crippen LogP contribution in [0.15, 0.2) is 36.7 Å². The molecule has 0 aliphatic heterocycles. The molecule has 1 heterocycles. The summed E-state index contributed by atoms with van der Waals surface area (Å²) in [5.74, 6) is -0.0145. The van der Waals surface area contributed by atoms with Gasteiger partial charge in [-0.1, -0.05) is 12.1 Å². The number of hydrogen-bond acceptors (Lipinski definition) is 3. The topological polar surface area (TPSA) is 45.2 Å². The third-order valence-electron chi connectivity index (χ3n) is 2.41. The number of pyridine rings is 1. The minimum absolute atomic E-state index is 0.0145. The second kappa shape index (κ2) is 4.93. The van der Waals surface area contributed by atoms with Crippen LogP contribution in [0.25, 0.3) is 10.8 Å². The number of likely N-dealkylation sites (N-methyl/N-ethyl adjacent to an activating group) is 1. The third-order valence-corrected chi connectivity index (χ3v) is 2.41. The van der Waals surface area contributed by atoms with E-state index < -0.39 is 0 Å². The lowest BCUT2D eigenvalue weighted by Gasteiger charge is -2.11. The highest BCUT2D eigenvalue weighted by atomic mass is 16.2. The molecule has 1 aromatic carbocycles. The third kappa shape index (κ3) is 2.79. The zero-order valence-electron chi connectivity index (χ0n) is 9.97. The van der Waals surface area contributed by atoms with Crippen LogP contribution in [0.2, 0.25) is 0 Å². The number of carbonyl (C=O) groups excluding carboxylic acids is 1. The standard InChI is InChI=1S/C13H15N3O/c1-16(2)9-13(17)15-12-5-3-4-10-8-14-7-6-11(10)12/h3-8H,9H2,1-2H3,(H,15,17). The molecule has 0 unspecified atom stereocenters. The van der Waals surface area contributed by atoms with Crippen molar-refractivity contribution in [3.8, 4) is 0 Å². The van der Waals surface area contributed by atoms with Crippen molar-refractivity contribution in [3.05, 3.63) is 36.7 Å². The van der Waals surface area contributed by atoms with Gasteiger partial charge in [0.25, 0.3) is 0 Å². The summed E-state index contributed by atoms with van der Waals surface area (Å²) in [5, 5.41) is 4.94. The van der Waals surface area contributed by atoms with E-state index >= 15 is 0 Å². The first-order valence-corrected chi connectivity index (χ1v) is 5.44. The van der Waals surface area contributed by atoms with Gasteiger partial charge in [0, 0.05) is 28.9 Å². The maximum atomic E-state index is 11.7. The van der Waals surface area contributed by atoms with E-state index in [9.17, 15) is 4.79 Å². The number of benzene rings is 1. The van der Waals surface area contributed by atoms with Gasteiger partial charge in [-0.25, -0.2) is 0 Å². The molecule has 88 valence electrons. The van der Waals surface area contributed by atoms with E-state index in [4.69, 9.17) is 0 Å². The summed E-state index contributed by atoms with van der Waals surface area (Å²) in [5.41, 5.74) is 0.830. The Morgan fingerprint density at radius 2 is 2.18 bits per heavy atom. The van der Waals surface area contributed by atoms with Crippen LogP contribution < -0.4 is 5.32 Å². The van der Waals surface area contributed by atoms with Crippen molar-refractivity contribution in [2.24, 2.45) is 0 Å². The van der Waals surface area contributed by atoms with E-state index in [1.807, 2.05) is 43.3 Å². The number of carbonyl (C=O) groups is 1. The summed E-state index contributed by atoms with van der Waals surface area (Å²) in [6, 6.07) is 7.69. The molecule has 4 nitrogen and oxygen atoms in total. The second-order valence-corrected chi connectivity index (χ2v) is 4.19. The maximum Gasteiger partial charge on any atom is 0.238 e. The van der Waals surface area contributed by atoms with Gasteiger partial charge < -0.3 is 10.2 Å². The average molecular weight is 229 g/mol. The molecule has 0 radical (unpaired) electrons. The Hall–Kier alpha value is -1.94. The highest BCUT2D eigenvalue weighted by Crippen LogP contribution is 2.21. The molecular formula is C13H15N3O. The van der Waals surface area contributed by atoms with E-state index in [0.29, 0.717) is 6.54 Å². The molecule has 0 spiro atoms. The maximum absolute atomic E-state index is 11.7. The van der Waals surface area contributed by atoms with Gasteiger partial charge in [-0.2, -0.15) is 0 Å².